The van der Waals surface area contributed by atoms with E-state index in [0.29, 0.717) is 24.5 Å². The van der Waals surface area contributed by atoms with Crippen molar-refractivity contribution in [1.82, 2.24) is 5.32 Å². The Morgan fingerprint density at radius 2 is 2.36 bits per heavy atom. The van der Waals surface area contributed by atoms with Gasteiger partial charge in [0.1, 0.15) is 11.8 Å². The van der Waals surface area contributed by atoms with Gasteiger partial charge in [0.05, 0.1) is 7.11 Å². The summed E-state index contributed by atoms with van der Waals surface area (Å²) in [6, 6.07) is 0.0150. The first-order valence-electron chi connectivity index (χ1n) is 5.06. The first-order chi connectivity index (χ1) is 6.70. The minimum Gasteiger partial charge on any atom is -0.468 e. The summed E-state index contributed by atoms with van der Waals surface area (Å²) in [5, 5.41) is 3.18. The van der Waals surface area contributed by atoms with Gasteiger partial charge in [0.25, 0.3) is 0 Å². The molecule has 0 amide bonds. The molecule has 1 heterocycles. The molecule has 1 N–H and O–H groups in total. The molecule has 1 aliphatic carbocycles. The Morgan fingerprint density at radius 1 is 1.57 bits per heavy atom. The lowest BCUT2D eigenvalue weighted by Gasteiger charge is -2.23. The Bertz CT molecular complexity index is 264. The molecule has 4 heteroatoms. The summed E-state index contributed by atoms with van der Waals surface area (Å²) in [5.74, 6) is 0.591. The fourth-order valence-electron chi connectivity index (χ4n) is 2.47. The molecule has 3 atom stereocenters. The summed E-state index contributed by atoms with van der Waals surface area (Å²) in [6.07, 6.45) is 3.00. The van der Waals surface area contributed by atoms with Crippen molar-refractivity contribution >= 4 is 11.8 Å². The molecule has 2 aliphatic rings. The monoisotopic (exact) mass is 197 g/mol. The second-order valence-electron chi connectivity index (χ2n) is 4.13. The summed E-state index contributed by atoms with van der Waals surface area (Å²) < 4.78 is 4.68. The normalized spacial score (nSPS) is 36.6. The molecular weight excluding hydrogens is 182 g/mol. The van der Waals surface area contributed by atoms with E-state index in [1.807, 2.05) is 0 Å². The van der Waals surface area contributed by atoms with Crippen molar-refractivity contribution in [2.24, 2.45) is 5.92 Å². The third kappa shape index (κ3) is 1.66. The Balaban J connectivity index is 1.98. The molecule has 3 unspecified atom stereocenters. The Labute approximate surface area is 83.0 Å². The molecule has 0 aromatic carbocycles. The van der Waals surface area contributed by atoms with E-state index >= 15 is 0 Å². The summed E-state index contributed by atoms with van der Waals surface area (Å²) in [7, 11) is 1.40. The van der Waals surface area contributed by atoms with E-state index in [9.17, 15) is 9.59 Å². The number of fused-ring (bicyclic) bond motifs is 1. The van der Waals surface area contributed by atoms with Gasteiger partial charge in [-0.2, -0.15) is 0 Å². The van der Waals surface area contributed by atoms with Gasteiger partial charge in [0.15, 0.2) is 0 Å². The third-order valence-electron chi connectivity index (χ3n) is 3.25. The number of carbonyl (C=O) groups excluding carboxylic acids is 2. The summed E-state index contributed by atoms with van der Waals surface area (Å²) in [6.45, 7) is 0. The van der Waals surface area contributed by atoms with Gasteiger partial charge in [-0.25, -0.2) is 0 Å². The average molecular weight is 197 g/mol. The van der Waals surface area contributed by atoms with Crippen LogP contribution in [0.2, 0.25) is 0 Å². The van der Waals surface area contributed by atoms with Crippen LogP contribution >= 0.6 is 0 Å². The molecule has 1 saturated heterocycles. The zero-order valence-electron chi connectivity index (χ0n) is 8.29. The maximum absolute atomic E-state index is 11.3. The van der Waals surface area contributed by atoms with Crippen LogP contribution in [0.1, 0.15) is 25.7 Å². The molecule has 1 saturated carbocycles. The minimum atomic E-state index is -0.202. The van der Waals surface area contributed by atoms with Crippen LogP contribution in [-0.2, 0) is 14.3 Å². The van der Waals surface area contributed by atoms with Crippen LogP contribution in [0.15, 0.2) is 0 Å². The number of ether oxygens (including phenoxy) is 1. The lowest BCUT2D eigenvalue weighted by atomic mass is 9.84. The number of ketones is 1. The lowest BCUT2D eigenvalue weighted by molar-refractivity contribution is -0.142. The quantitative estimate of drug-likeness (QED) is 0.613. The van der Waals surface area contributed by atoms with Crippen LogP contribution in [0.4, 0.5) is 0 Å². The zero-order valence-corrected chi connectivity index (χ0v) is 8.29. The van der Waals surface area contributed by atoms with Crippen LogP contribution in [0.3, 0.4) is 0 Å². The van der Waals surface area contributed by atoms with Gasteiger partial charge in [-0.05, 0) is 18.8 Å². The molecule has 78 valence electrons. The van der Waals surface area contributed by atoms with Crippen molar-refractivity contribution in [2.45, 2.75) is 37.8 Å². The molecular formula is C10H15NO3. The van der Waals surface area contributed by atoms with Crippen LogP contribution in [0, 0.1) is 5.92 Å². The van der Waals surface area contributed by atoms with Crippen molar-refractivity contribution < 1.29 is 14.3 Å². The van der Waals surface area contributed by atoms with E-state index in [2.05, 4.69) is 10.1 Å². The number of hydrogen-bond acceptors (Lipinski definition) is 4. The minimum absolute atomic E-state index is 0.194. The van der Waals surface area contributed by atoms with Gasteiger partial charge in [-0.15, -0.1) is 0 Å². The van der Waals surface area contributed by atoms with Crippen LogP contribution < -0.4 is 5.32 Å². The van der Waals surface area contributed by atoms with Crippen LogP contribution in [0.5, 0.6) is 0 Å². The largest absolute Gasteiger partial charge is 0.468 e. The molecule has 0 radical (unpaired) electrons. The molecule has 4 nitrogen and oxygen atoms in total. The highest BCUT2D eigenvalue weighted by molar-refractivity contribution is 5.81. The summed E-state index contributed by atoms with van der Waals surface area (Å²) >= 11 is 0. The van der Waals surface area contributed by atoms with Gasteiger partial charge in [0, 0.05) is 18.9 Å². The smallest absolute Gasteiger partial charge is 0.322 e. The number of Topliss-reactive ketones (excluding diaryl/α,β-unsaturated/α-hetero) is 1. The van der Waals surface area contributed by atoms with Crippen LogP contribution in [0.25, 0.3) is 0 Å². The number of methoxy groups -OCH3 is 1. The molecule has 0 aromatic heterocycles. The number of carbonyl (C=O) groups is 2. The van der Waals surface area contributed by atoms with Gasteiger partial charge in [-0.3, -0.25) is 9.59 Å². The van der Waals surface area contributed by atoms with Gasteiger partial charge < -0.3 is 10.1 Å². The van der Waals surface area contributed by atoms with Crippen molar-refractivity contribution in [3.63, 3.8) is 0 Å². The highest BCUT2D eigenvalue weighted by Gasteiger charge is 2.40. The number of hydrogen-bond donors (Lipinski definition) is 1. The Morgan fingerprint density at radius 3 is 3.07 bits per heavy atom. The fraction of sp³-hybridized carbons (Fsp3) is 0.800. The van der Waals surface area contributed by atoms with E-state index in [1.54, 1.807) is 0 Å². The summed E-state index contributed by atoms with van der Waals surface area (Å²) in [4.78, 5) is 22.5. The second-order valence-corrected chi connectivity index (χ2v) is 4.13. The second kappa shape index (κ2) is 3.69. The fourth-order valence-corrected chi connectivity index (χ4v) is 2.47. The van der Waals surface area contributed by atoms with Gasteiger partial charge >= 0.3 is 5.97 Å². The highest BCUT2D eigenvalue weighted by Crippen LogP contribution is 2.31. The van der Waals surface area contributed by atoms with E-state index in [1.165, 1.54) is 7.11 Å². The SMILES string of the molecule is COC(=O)C1CC2CCC(=O)CC2N1. The molecule has 2 rings (SSSR count). The predicted octanol–water partition coefficient (Wildman–Crippen LogP) is 0.259. The average Bonchev–Trinajstić information content (AvgIpc) is 2.59. The van der Waals surface area contributed by atoms with E-state index < -0.39 is 0 Å². The van der Waals surface area contributed by atoms with E-state index in [0.717, 1.165) is 12.8 Å². The highest BCUT2D eigenvalue weighted by atomic mass is 16.5. The predicted molar refractivity (Wildman–Crippen MR) is 49.7 cm³/mol. The maximum Gasteiger partial charge on any atom is 0.322 e. The van der Waals surface area contributed by atoms with Gasteiger partial charge in [-0.1, -0.05) is 0 Å². The topological polar surface area (TPSA) is 55.4 Å². The number of esters is 1. The number of nitrogens with one attached hydrogen (secondary N) is 1. The Hall–Kier alpha value is -0.900. The molecule has 0 spiro atoms. The molecule has 14 heavy (non-hydrogen) atoms. The van der Waals surface area contributed by atoms with Crippen molar-refractivity contribution in [2.75, 3.05) is 7.11 Å². The lowest BCUT2D eigenvalue weighted by Crippen LogP contribution is -2.39. The van der Waals surface area contributed by atoms with Crippen LogP contribution in [-0.4, -0.2) is 30.9 Å². The molecule has 2 fully saturated rings. The van der Waals surface area contributed by atoms with E-state index in [4.69, 9.17) is 0 Å². The third-order valence-corrected chi connectivity index (χ3v) is 3.25. The van der Waals surface area contributed by atoms with Crippen molar-refractivity contribution in [3.8, 4) is 0 Å². The molecule has 0 bridgehead atoms. The molecule has 0 aromatic rings. The number of rotatable bonds is 1. The summed E-state index contributed by atoms with van der Waals surface area (Å²) in [5.41, 5.74) is 0. The molecule has 1 aliphatic heterocycles. The van der Waals surface area contributed by atoms with Gasteiger partial charge in [0.2, 0.25) is 0 Å². The zero-order chi connectivity index (χ0) is 10.1. The van der Waals surface area contributed by atoms with Crippen molar-refractivity contribution in [1.29, 1.82) is 0 Å². The van der Waals surface area contributed by atoms with E-state index in [-0.39, 0.29) is 18.1 Å². The Kier molecular flexibility index (Phi) is 2.54. The maximum atomic E-state index is 11.3. The van der Waals surface area contributed by atoms with Crippen molar-refractivity contribution in [3.05, 3.63) is 0 Å². The standard InChI is InChI=1S/C10H15NO3/c1-14-10(13)9-4-6-2-3-7(12)5-8(6)11-9/h6,8-9,11H,2-5H2,1H3. The first-order valence-corrected chi connectivity index (χ1v) is 5.06. The first kappa shape index (κ1) is 9.65.